The van der Waals surface area contributed by atoms with Crippen molar-refractivity contribution in [3.63, 3.8) is 0 Å². The minimum atomic E-state index is 0.271. The summed E-state index contributed by atoms with van der Waals surface area (Å²) in [5.41, 5.74) is 7.78. The Bertz CT molecular complexity index is 399. The van der Waals surface area contributed by atoms with E-state index in [1.807, 2.05) is 11.7 Å². The predicted octanol–water partition coefficient (Wildman–Crippen LogP) is 0.941. The molecule has 18 heavy (non-hydrogen) atoms. The van der Waals surface area contributed by atoms with E-state index in [-0.39, 0.29) is 5.84 Å². The highest BCUT2D eigenvalue weighted by atomic mass is 16.4. The Morgan fingerprint density at radius 3 is 2.78 bits per heavy atom. The van der Waals surface area contributed by atoms with Crippen LogP contribution in [0, 0.1) is 0 Å². The zero-order valence-electron chi connectivity index (χ0n) is 11.4. The summed E-state index contributed by atoms with van der Waals surface area (Å²) >= 11 is 0. The van der Waals surface area contributed by atoms with Gasteiger partial charge in [-0.2, -0.15) is 5.10 Å². The van der Waals surface area contributed by atoms with Gasteiger partial charge in [0.05, 0.1) is 11.4 Å². The second-order valence-electron chi connectivity index (χ2n) is 4.31. The van der Waals surface area contributed by atoms with Crippen molar-refractivity contribution in [1.82, 2.24) is 14.7 Å². The van der Waals surface area contributed by atoms with E-state index in [1.165, 1.54) is 5.69 Å². The Labute approximate surface area is 108 Å². The van der Waals surface area contributed by atoms with Gasteiger partial charge < -0.3 is 10.9 Å². The van der Waals surface area contributed by atoms with Crippen molar-refractivity contribution < 1.29 is 5.21 Å². The summed E-state index contributed by atoms with van der Waals surface area (Å²) in [6.45, 7) is 6.73. The minimum absolute atomic E-state index is 0.271. The second-order valence-corrected chi connectivity index (χ2v) is 4.31. The molecule has 6 heteroatoms. The van der Waals surface area contributed by atoms with Gasteiger partial charge in [0.25, 0.3) is 0 Å². The van der Waals surface area contributed by atoms with Crippen LogP contribution < -0.4 is 5.73 Å². The van der Waals surface area contributed by atoms with Crippen molar-refractivity contribution in [3.8, 4) is 0 Å². The van der Waals surface area contributed by atoms with E-state index in [0.717, 1.165) is 31.7 Å². The lowest BCUT2D eigenvalue weighted by Gasteiger charge is -2.19. The Kier molecular flexibility index (Phi) is 5.64. The van der Waals surface area contributed by atoms with Gasteiger partial charge in [-0.3, -0.25) is 9.58 Å². The standard InChI is InChI=1S/C12H23N5O/c1-4-10-8-11(16(3)14-10)9-17(5-2)7-6-12(13)15-18/h8,18H,4-7,9H2,1-3H3,(H2,13,15). The molecule has 6 nitrogen and oxygen atoms in total. The lowest BCUT2D eigenvalue weighted by molar-refractivity contribution is 0.276. The second kappa shape index (κ2) is 7.00. The first-order valence-electron chi connectivity index (χ1n) is 6.31. The van der Waals surface area contributed by atoms with Crippen LogP contribution in [-0.2, 0) is 20.0 Å². The van der Waals surface area contributed by atoms with E-state index >= 15 is 0 Å². The molecule has 0 fully saturated rings. The normalized spacial score (nSPS) is 12.3. The zero-order valence-corrected chi connectivity index (χ0v) is 11.4. The van der Waals surface area contributed by atoms with Crippen LogP contribution in [0.1, 0.15) is 31.7 Å². The van der Waals surface area contributed by atoms with Crippen LogP contribution in [0.5, 0.6) is 0 Å². The molecule has 0 bridgehead atoms. The number of nitrogens with zero attached hydrogens (tertiary/aromatic N) is 4. The molecule has 0 aliphatic heterocycles. The maximum absolute atomic E-state index is 8.52. The highest BCUT2D eigenvalue weighted by Crippen LogP contribution is 2.08. The molecule has 0 spiro atoms. The summed E-state index contributed by atoms with van der Waals surface area (Å²) in [5, 5.41) is 15.9. The first-order chi connectivity index (χ1) is 8.60. The number of aromatic nitrogens is 2. The molecular formula is C12H23N5O. The van der Waals surface area contributed by atoms with Crippen molar-refractivity contribution >= 4 is 5.84 Å². The summed E-state index contributed by atoms with van der Waals surface area (Å²) in [5.74, 6) is 0.271. The fraction of sp³-hybridized carbons (Fsp3) is 0.667. The Balaban J connectivity index is 2.59. The van der Waals surface area contributed by atoms with Crippen molar-refractivity contribution in [3.05, 3.63) is 17.5 Å². The lowest BCUT2D eigenvalue weighted by atomic mass is 10.2. The molecule has 0 unspecified atom stereocenters. The Hall–Kier alpha value is -1.56. The smallest absolute Gasteiger partial charge is 0.140 e. The summed E-state index contributed by atoms with van der Waals surface area (Å²) in [7, 11) is 1.96. The molecule has 0 aromatic carbocycles. The van der Waals surface area contributed by atoms with Crippen molar-refractivity contribution in [2.75, 3.05) is 13.1 Å². The maximum Gasteiger partial charge on any atom is 0.140 e. The molecule has 0 radical (unpaired) electrons. The molecule has 0 amide bonds. The first-order valence-corrected chi connectivity index (χ1v) is 6.31. The summed E-state index contributed by atoms with van der Waals surface area (Å²) < 4.78 is 1.92. The number of nitrogens with two attached hydrogens (primary N) is 1. The number of hydrogen-bond donors (Lipinski definition) is 2. The molecule has 0 aliphatic carbocycles. The fourth-order valence-electron chi connectivity index (χ4n) is 1.79. The van der Waals surface area contributed by atoms with Gasteiger partial charge in [0.2, 0.25) is 0 Å². The van der Waals surface area contributed by atoms with Crippen molar-refractivity contribution in [2.24, 2.45) is 17.9 Å². The third-order valence-corrected chi connectivity index (χ3v) is 3.04. The average Bonchev–Trinajstić information content (AvgIpc) is 2.74. The predicted molar refractivity (Wildman–Crippen MR) is 71.6 cm³/mol. The SMILES string of the molecule is CCc1cc(CN(CC)CCC(N)=NO)n(C)n1. The van der Waals surface area contributed by atoms with E-state index in [9.17, 15) is 0 Å². The quantitative estimate of drug-likeness (QED) is 0.328. The van der Waals surface area contributed by atoms with Gasteiger partial charge in [-0.1, -0.05) is 19.0 Å². The van der Waals surface area contributed by atoms with Gasteiger partial charge in [-0.15, -0.1) is 0 Å². The number of hydrogen-bond acceptors (Lipinski definition) is 4. The molecule has 0 aliphatic rings. The van der Waals surface area contributed by atoms with Crippen LogP contribution in [0.25, 0.3) is 0 Å². The lowest BCUT2D eigenvalue weighted by Crippen LogP contribution is -2.28. The van der Waals surface area contributed by atoms with E-state index < -0.39 is 0 Å². The van der Waals surface area contributed by atoms with E-state index in [1.54, 1.807) is 0 Å². The average molecular weight is 253 g/mol. The van der Waals surface area contributed by atoms with E-state index in [2.05, 4.69) is 35.1 Å². The molecule has 0 atom stereocenters. The Morgan fingerprint density at radius 2 is 2.28 bits per heavy atom. The summed E-state index contributed by atoms with van der Waals surface area (Å²) in [6.07, 6.45) is 1.52. The van der Waals surface area contributed by atoms with Crippen LogP contribution in [0.4, 0.5) is 0 Å². The Morgan fingerprint density at radius 1 is 1.56 bits per heavy atom. The molecule has 102 valence electrons. The monoisotopic (exact) mass is 253 g/mol. The van der Waals surface area contributed by atoms with E-state index in [4.69, 9.17) is 10.9 Å². The summed E-state index contributed by atoms with van der Waals surface area (Å²) in [4.78, 5) is 2.24. The molecule has 1 aromatic heterocycles. The number of rotatable bonds is 7. The van der Waals surface area contributed by atoms with Crippen molar-refractivity contribution in [2.45, 2.75) is 33.2 Å². The molecule has 0 saturated heterocycles. The first kappa shape index (κ1) is 14.5. The maximum atomic E-state index is 8.52. The van der Waals surface area contributed by atoms with Crippen LogP contribution >= 0.6 is 0 Å². The van der Waals surface area contributed by atoms with Gasteiger partial charge in [0.15, 0.2) is 0 Å². The fourth-order valence-corrected chi connectivity index (χ4v) is 1.79. The van der Waals surface area contributed by atoms with Crippen LogP contribution in [-0.4, -0.2) is 38.8 Å². The largest absolute Gasteiger partial charge is 0.409 e. The number of oxime groups is 1. The molecular weight excluding hydrogens is 230 g/mol. The highest BCUT2D eigenvalue weighted by molar-refractivity contribution is 5.79. The third-order valence-electron chi connectivity index (χ3n) is 3.04. The van der Waals surface area contributed by atoms with E-state index in [0.29, 0.717) is 6.42 Å². The molecule has 1 heterocycles. The van der Waals surface area contributed by atoms with Gasteiger partial charge in [-0.05, 0) is 19.0 Å². The van der Waals surface area contributed by atoms with Gasteiger partial charge >= 0.3 is 0 Å². The zero-order chi connectivity index (χ0) is 13.5. The number of aryl methyl sites for hydroxylation is 2. The third kappa shape index (κ3) is 4.03. The van der Waals surface area contributed by atoms with Crippen LogP contribution in [0.2, 0.25) is 0 Å². The van der Waals surface area contributed by atoms with Gasteiger partial charge in [-0.25, -0.2) is 0 Å². The molecule has 1 aromatic rings. The van der Waals surface area contributed by atoms with Crippen LogP contribution in [0.15, 0.2) is 11.2 Å². The number of amidine groups is 1. The molecule has 0 saturated carbocycles. The van der Waals surface area contributed by atoms with Crippen LogP contribution in [0.3, 0.4) is 0 Å². The summed E-state index contributed by atoms with van der Waals surface area (Å²) in [6, 6.07) is 2.13. The molecule has 3 N–H and O–H groups in total. The van der Waals surface area contributed by atoms with Gasteiger partial charge in [0.1, 0.15) is 5.84 Å². The highest BCUT2D eigenvalue weighted by Gasteiger charge is 2.09. The van der Waals surface area contributed by atoms with Gasteiger partial charge in [0, 0.05) is 26.6 Å². The minimum Gasteiger partial charge on any atom is -0.409 e. The topological polar surface area (TPSA) is 79.7 Å². The molecule has 1 rings (SSSR count). The van der Waals surface area contributed by atoms with Crippen molar-refractivity contribution in [1.29, 1.82) is 0 Å².